The molecule has 126 valence electrons. The third-order valence-electron chi connectivity index (χ3n) is 3.40. The number of nitrogens with zero attached hydrogens (tertiary/aromatic N) is 2. The first-order valence-corrected chi connectivity index (χ1v) is 7.68. The van der Waals surface area contributed by atoms with Crippen LogP contribution in [0.4, 0.5) is 5.82 Å². The number of carbonyl (C=O) groups is 1. The first-order chi connectivity index (χ1) is 11.6. The molecular weight excluding hydrogens is 310 g/mol. The Morgan fingerprint density at radius 2 is 2.04 bits per heavy atom. The Bertz CT molecular complexity index is 691. The Morgan fingerprint density at radius 1 is 1.29 bits per heavy atom. The van der Waals surface area contributed by atoms with Crippen LogP contribution < -0.4 is 10.1 Å². The highest BCUT2D eigenvalue weighted by molar-refractivity contribution is 5.78. The van der Waals surface area contributed by atoms with Crippen LogP contribution in [0.25, 0.3) is 0 Å². The molecule has 7 nitrogen and oxygen atoms in total. The number of aromatic nitrogens is 1. The maximum Gasteiger partial charge on any atom is 0.406 e. The molecule has 0 spiro atoms. The number of carbonyl (C=O) groups excluding carboxylic acids is 1. The van der Waals surface area contributed by atoms with Gasteiger partial charge < -0.3 is 20.2 Å². The number of nitro groups is 1. The van der Waals surface area contributed by atoms with Crippen molar-refractivity contribution < 1.29 is 14.5 Å². The molecule has 0 aliphatic heterocycles. The number of pyridine rings is 1. The average molecular weight is 329 g/mol. The second-order valence-electron chi connectivity index (χ2n) is 5.19. The number of ether oxygens (including phenoxy) is 1. The molecule has 0 radical (unpaired) electrons. The number of hydrogen-bond acceptors (Lipinski definition) is 5. The van der Waals surface area contributed by atoms with Crippen molar-refractivity contribution in [2.75, 3.05) is 6.61 Å². The van der Waals surface area contributed by atoms with Gasteiger partial charge in [0.25, 0.3) is 5.91 Å². The van der Waals surface area contributed by atoms with E-state index in [1.807, 2.05) is 37.3 Å². The highest BCUT2D eigenvalue weighted by Gasteiger charge is 2.18. The summed E-state index contributed by atoms with van der Waals surface area (Å²) in [4.78, 5) is 26.0. The maximum atomic E-state index is 12.1. The highest BCUT2D eigenvalue weighted by Crippen LogP contribution is 2.23. The van der Waals surface area contributed by atoms with Crippen LogP contribution in [0.1, 0.15) is 31.4 Å². The minimum Gasteiger partial charge on any atom is -0.476 e. The van der Waals surface area contributed by atoms with Crippen LogP contribution in [-0.4, -0.2) is 22.4 Å². The third kappa shape index (κ3) is 4.77. The number of amides is 1. The van der Waals surface area contributed by atoms with E-state index >= 15 is 0 Å². The summed E-state index contributed by atoms with van der Waals surface area (Å²) in [6.07, 6.45) is 3.01. The molecule has 1 aromatic heterocycles. The van der Waals surface area contributed by atoms with E-state index in [4.69, 9.17) is 4.74 Å². The SMILES string of the molecule is CCCC(NC(=O)COc1cccnc1[N+](=O)[O-])c1ccccc1. The number of nitrogens with one attached hydrogen (secondary N) is 1. The van der Waals surface area contributed by atoms with Crippen molar-refractivity contribution in [1.82, 2.24) is 10.3 Å². The zero-order chi connectivity index (χ0) is 17.4. The summed E-state index contributed by atoms with van der Waals surface area (Å²) in [6, 6.07) is 12.5. The Labute approximate surface area is 139 Å². The van der Waals surface area contributed by atoms with Crippen LogP contribution >= 0.6 is 0 Å². The molecular formula is C17H19N3O4. The molecule has 24 heavy (non-hydrogen) atoms. The molecule has 1 atom stereocenters. The molecule has 1 heterocycles. The van der Waals surface area contributed by atoms with E-state index in [9.17, 15) is 14.9 Å². The largest absolute Gasteiger partial charge is 0.476 e. The zero-order valence-electron chi connectivity index (χ0n) is 13.3. The maximum absolute atomic E-state index is 12.1. The Kier molecular flexibility index (Phi) is 6.24. The van der Waals surface area contributed by atoms with Gasteiger partial charge in [-0.2, -0.15) is 0 Å². The molecule has 1 aromatic carbocycles. The Morgan fingerprint density at radius 3 is 2.71 bits per heavy atom. The summed E-state index contributed by atoms with van der Waals surface area (Å²) in [5.41, 5.74) is 1.01. The van der Waals surface area contributed by atoms with Gasteiger partial charge in [0, 0.05) is 0 Å². The fraction of sp³-hybridized carbons (Fsp3) is 0.294. The predicted molar refractivity (Wildman–Crippen MR) is 88.6 cm³/mol. The Hall–Kier alpha value is -2.96. The van der Waals surface area contributed by atoms with E-state index in [1.54, 1.807) is 0 Å². The lowest BCUT2D eigenvalue weighted by atomic mass is 10.0. The highest BCUT2D eigenvalue weighted by atomic mass is 16.6. The summed E-state index contributed by atoms with van der Waals surface area (Å²) in [5.74, 6) is -0.765. The van der Waals surface area contributed by atoms with Gasteiger partial charge in [0.15, 0.2) is 6.61 Å². The van der Waals surface area contributed by atoms with E-state index in [-0.39, 0.29) is 24.3 Å². The smallest absolute Gasteiger partial charge is 0.406 e. The first kappa shape index (κ1) is 17.4. The van der Waals surface area contributed by atoms with Crippen LogP contribution in [0.5, 0.6) is 5.75 Å². The van der Waals surface area contributed by atoms with Gasteiger partial charge in [0.1, 0.15) is 6.20 Å². The minimum atomic E-state index is -0.642. The van der Waals surface area contributed by atoms with Crippen molar-refractivity contribution in [2.24, 2.45) is 0 Å². The third-order valence-corrected chi connectivity index (χ3v) is 3.40. The molecule has 1 N–H and O–H groups in total. The molecule has 0 fully saturated rings. The summed E-state index contributed by atoms with van der Waals surface area (Å²) < 4.78 is 5.26. The van der Waals surface area contributed by atoms with Crippen molar-refractivity contribution >= 4 is 11.7 Å². The zero-order valence-corrected chi connectivity index (χ0v) is 13.3. The van der Waals surface area contributed by atoms with Crippen LogP contribution in [0.15, 0.2) is 48.7 Å². The quantitative estimate of drug-likeness (QED) is 0.593. The van der Waals surface area contributed by atoms with Gasteiger partial charge in [-0.3, -0.25) is 4.79 Å². The fourth-order valence-electron chi connectivity index (χ4n) is 2.31. The van der Waals surface area contributed by atoms with Gasteiger partial charge in [0.05, 0.1) is 6.04 Å². The van der Waals surface area contributed by atoms with E-state index in [0.29, 0.717) is 0 Å². The molecule has 1 unspecified atom stereocenters. The van der Waals surface area contributed by atoms with Crippen LogP contribution in [-0.2, 0) is 4.79 Å². The lowest BCUT2D eigenvalue weighted by Crippen LogP contribution is -2.32. The molecule has 2 aromatic rings. The van der Waals surface area contributed by atoms with Crippen LogP contribution in [0.2, 0.25) is 0 Å². The number of rotatable bonds is 8. The molecule has 0 saturated carbocycles. The second kappa shape index (κ2) is 8.61. The van der Waals surface area contributed by atoms with Crippen LogP contribution in [0.3, 0.4) is 0 Å². The molecule has 7 heteroatoms. The van der Waals surface area contributed by atoms with Gasteiger partial charge >= 0.3 is 5.82 Å². The topological polar surface area (TPSA) is 94.4 Å². The van der Waals surface area contributed by atoms with Crippen LogP contribution in [0, 0.1) is 10.1 Å². The molecule has 0 bridgehead atoms. The monoisotopic (exact) mass is 329 g/mol. The van der Waals surface area contributed by atoms with Gasteiger partial charge in [0.2, 0.25) is 5.75 Å². The normalized spacial score (nSPS) is 11.5. The molecule has 2 rings (SSSR count). The minimum absolute atomic E-state index is 0.0237. The van der Waals surface area contributed by atoms with Crippen molar-refractivity contribution in [3.05, 3.63) is 64.3 Å². The summed E-state index contributed by atoms with van der Waals surface area (Å²) in [6.45, 7) is 1.73. The number of hydrogen-bond donors (Lipinski definition) is 1. The van der Waals surface area contributed by atoms with Gasteiger partial charge in [-0.1, -0.05) is 43.7 Å². The van der Waals surface area contributed by atoms with E-state index in [1.165, 1.54) is 18.3 Å². The summed E-state index contributed by atoms with van der Waals surface area (Å²) in [7, 11) is 0. The van der Waals surface area contributed by atoms with E-state index < -0.39 is 10.7 Å². The average Bonchev–Trinajstić information content (AvgIpc) is 2.60. The molecule has 0 saturated heterocycles. The molecule has 0 aliphatic rings. The second-order valence-corrected chi connectivity index (χ2v) is 5.19. The predicted octanol–water partition coefficient (Wildman–Crippen LogP) is 3.03. The van der Waals surface area contributed by atoms with Crippen molar-refractivity contribution in [3.8, 4) is 5.75 Å². The van der Waals surface area contributed by atoms with Gasteiger partial charge in [-0.15, -0.1) is 0 Å². The summed E-state index contributed by atoms with van der Waals surface area (Å²) in [5, 5.41) is 13.8. The van der Waals surface area contributed by atoms with E-state index in [2.05, 4.69) is 10.3 Å². The van der Waals surface area contributed by atoms with Gasteiger partial charge in [-0.25, -0.2) is 0 Å². The standard InChI is InChI=1S/C17H19N3O4/c1-2-7-14(13-8-4-3-5-9-13)19-16(21)12-24-15-10-6-11-18-17(15)20(22)23/h3-6,8-11,14H,2,7,12H2,1H3,(H,19,21). The first-order valence-electron chi connectivity index (χ1n) is 7.68. The summed E-state index contributed by atoms with van der Waals surface area (Å²) >= 11 is 0. The lowest BCUT2D eigenvalue weighted by molar-refractivity contribution is -0.390. The van der Waals surface area contributed by atoms with Gasteiger partial charge in [-0.05, 0) is 34.0 Å². The van der Waals surface area contributed by atoms with Crippen molar-refractivity contribution in [2.45, 2.75) is 25.8 Å². The number of benzene rings is 1. The lowest BCUT2D eigenvalue weighted by Gasteiger charge is -2.18. The van der Waals surface area contributed by atoms with Crippen molar-refractivity contribution in [3.63, 3.8) is 0 Å². The van der Waals surface area contributed by atoms with E-state index in [0.717, 1.165) is 18.4 Å². The van der Waals surface area contributed by atoms with Crippen molar-refractivity contribution in [1.29, 1.82) is 0 Å². The molecule has 1 amide bonds. The fourth-order valence-corrected chi connectivity index (χ4v) is 2.31. The Balaban J connectivity index is 1.98. The molecule has 0 aliphatic carbocycles.